The number of amides is 1. The average Bonchev–Trinajstić information content (AvgIpc) is 3.50. The molecule has 39 heavy (non-hydrogen) atoms. The Morgan fingerprint density at radius 3 is 2.64 bits per heavy atom. The number of hydrogen-bond acceptors (Lipinski definition) is 8. The molecule has 0 saturated carbocycles. The third-order valence-corrected chi connectivity index (χ3v) is 8.65. The Morgan fingerprint density at radius 2 is 1.87 bits per heavy atom. The molecule has 0 N–H and O–H groups in total. The minimum absolute atomic E-state index is 0.0708. The average molecular weight is 562 g/mol. The minimum atomic E-state index is -0.703. The lowest BCUT2D eigenvalue weighted by molar-refractivity contribution is -0.198. The molecule has 2 aromatic rings. The summed E-state index contributed by atoms with van der Waals surface area (Å²) in [7, 11) is 0. The second-order valence-electron chi connectivity index (χ2n) is 13.1. The van der Waals surface area contributed by atoms with Gasteiger partial charge in [0.15, 0.2) is 12.0 Å². The number of carbonyl (C=O) groups excluding carboxylic acids is 1. The van der Waals surface area contributed by atoms with Crippen LogP contribution in [0.3, 0.4) is 0 Å². The number of fused-ring (bicyclic) bond motifs is 2. The van der Waals surface area contributed by atoms with E-state index in [0.29, 0.717) is 10.8 Å². The zero-order valence-corrected chi connectivity index (χ0v) is 24.3. The standard InChI is InChI=1S/C28H40ClN5O5/c1-26(2,3)39-25(35)33-12-7-10-28(16-33)9-6-11-32(15-28)14-19-20-21(38-27(4,5)37-20)24(36-19)34-13-8-18-22(29)30-17-31-23(18)34/h8,13,17,19-21,24H,6-7,9-12,14-16H2,1-5H3/t19-,20-,21-,24-,28?/m1/s1. The maximum absolute atomic E-state index is 12.9. The molecule has 6 heterocycles. The fourth-order valence-electron chi connectivity index (χ4n) is 6.92. The first-order valence-corrected chi connectivity index (χ1v) is 14.5. The summed E-state index contributed by atoms with van der Waals surface area (Å²) >= 11 is 6.32. The molecule has 1 amide bonds. The molecular weight excluding hydrogens is 522 g/mol. The molecular formula is C28H40ClN5O5. The number of aromatic nitrogens is 3. The van der Waals surface area contributed by atoms with Crippen molar-refractivity contribution in [2.75, 3.05) is 32.7 Å². The van der Waals surface area contributed by atoms with Gasteiger partial charge >= 0.3 is 6.09 Å². The van der Waals surface area contributed by atoms with E-state index in [0.717, 1.165) is 63.8 Å². The monoisotopic (exact) mass is 561 g/mol. The highest BCUT2D eigenvalue weighted by atomic mass is 35.5. The van der Waals surface area contributed by atoms with Crippen LogP contribution in [0, 0.1) is 5.41 Å². The highest BCUT2D eigenvalue weighted by Crippen LogP contribution is 2.45. The highest BCUT2D eigenvalue weighted by molar-refractivity contribution is 6.33. The van der Waals surface area contributed by atoms with Gasteiger partial charge in [-0.3, -0.25) is 0 Å². The minimum Gasteiger partial charge on any atom is -0.444 e. The fraction of sp³-hybridized carbons (Fsp3) is 0.750. The molecule has 6 rings (SSSR count). The maximum Gasteiger partial charge on any atom is 0.410 e. The molecule has 4 aliphatic rings. The van der Waals surface area contributed by atoms with E-state index in [1.165, 1.54) is 6.33 Å². The van der Waals surface area contributed by atoms with Crippen LogP contribution in [0.25, 0.3) is 11.0 Å². The van der Waals surface area contributed by atoms with Crippen LogP contribution in [0.2, 0.25) is 5.15 Å². The van der Waals surface area contributed by atoms with Gasteiger partial charge in [0.25, 0.3) is 0 Å². The summed E-state index contributed by atoms with van der Waals surface area (Å²) in [6.07, 6.45) is 6.49. The molecule has 1 unspecified atom stereocenters. The fourth-order valence-corrected chi connectivity index (χ4v) is 7.11. The molecule has 214 valence electrons. The number of rotatable bonds is 3. The third kappa shape index (κ3) is 5.38. The Balaban J connectivity index is 1.18. The second kappa shape index (κ2) is 9.83. The number of carbonyl (C=O) groups is 1. The second-order valence-corrected chi connectivity index (χ2v) is 13.5. The van der Waals surface area contributed by atoms with E-state index < -0.39 is 11.4 Å². The summed E-state index contributed by atoms with van der Waals surface area (Å²) in [5, 5.41) is 1.20. The summed E-state index contributed by atoms with van der Waals surface area (Å²) in [5.74, 6) is -0.703. The molecule has 4 aliphatic heterocycles. The quantitative estimate of drug-likeness (QED) is 0.502. The van der Waals surface area contributed by atoms with Gasteiger partial charge in [0.05, 0.1) is 5.39 Å². The van der Waals surface area contributed by atoms with Crippen molar-refractivity contribution >= 4 is 28.7 Å². The van der Waals surface area contributed by atoms with Crippen molar-refractivity contribution in [3.8, 4) is 0 Å². The molecule has 0 aliphatic carbocycles. The van der Waals surface area contributed by atoms with Gasteiger partial charge in [0.2, 0.25) is 0 Å². The Bertz CT molecular complexity index is 1230. The van der Waals surface area contributed by atoms with Gasteiger partial charge in [-0.2, -0.15) is 0 Å². The summed E-state index contributed by atoms with van der Waals surface area (Å²) in [5.41, 5.74) is 0.294. The number of nitrogens with zero attached hydrogens (tertiary/aromatic N) is 5. The van der Waals surface area contributed by atoms with Crippen LogP contribution in [0.5, 0.6) is 0 Å². The predicted octanol–water partition coefficient (Wildman–Crippen LogP) is 4.62. The van der Waals surface area contributed by atoms with Crippen molar-refractivity contribution in [3.63, 3.8) is 0 Å². The summed E-state index contributed by atoms with van der Waals surface area (Å²) in [4.78, 5) is 25.9. The van der Waals surface area contributed by atoms with Gasteiger partial charge in [-0.25, -0.2) is 14.8 Å². The Morgan fingerprint density at radius 1 is 1.13 bits per heavy atom. The Hall–Kier alpha value is -1.98. The predicted molar refractivity (Wildman–Crippen MR) is 145 cm³/mol. The van der Waals surface area contributed by atoms with Crippen molar-refractivity contribution in [3.05, 3.63) is 23.7 Å². The molecule has 0 aromatic carbocycles. The third-order valence-electron chi connectivity index (χ3n) is 8.35. The van der Waals surface area contributed by atoms with Crippen molar-refractivity contribution in [1.29, 1.82) is 0 Å². The van der Waals surface area contributed by atoms with Crippen LogP contribution in [0.1, 0.15) is 66.5 Å². The highest BCUT2D eigenvalue weighted by Gasteiger charge is 2.56. The van der Waals surface area contributed by atoms with Gasteiger partial charge < -0.3 is 33.3 Å². The molecule has 10 nitrogen and oxygen atoms in total. The molecule has 4 saturated heterocycles. The van der Waals surface area contributed by atoms with Gasteiger partial charge in [-0.1, -0.05) is 11.6 Å². The SMILES string of the molecule is CC(C)(C)OC(=O)N1CCCC2(CCCN(C[C@H]3O[C@@H](n4ccc5c(Cl)ncnc54)[C@@H]4OC(C)(C)O[C@@H]43)C2)C1. The van der Waals surface area contributed by atoms with E-state index in [1.807, 2.05) is 56.3 Å². The van der Waals surface area contributed by atoms with E-state index in [4.69, 9.17) is 30.5 Å². The van der Waals surface area contributed by atoms with E-state index in [1.54, 1.807) is 0 Å². The smallest absolute Gasteiger partial charge is 0.410 e. The topological polar surface area (TPSA) is 91.2 Å². The van der Waals surface area contributed by atoms with Crippen LogP contribution >= 0.6 is 11.6 Å². The van der Waals surface area contributed by atoms with Crippen LogP contribution in [0.4, 0.5) is 4.79 Å². The number of hydrogen-bond donors (Lipinski definition) is 0. The van der Waals surface area contributed by atoms with E-state index in [2.05, 4.69) is 14.9 Å². The van der Waals surface area contributed by atoms with Crippen molar-refractivity contribution in [2.45, 2.75) is 96.2 Å². The van der Waals surface area contributed by atoms with Crippen molar-refractivity contribution < 1.29 is 23.7 Å². The zero-order chi connectivity index (χ0) is 27.6. The Kier molecular flexibility index (Phi) is 6.86. The van der Waals surface area contributed by atoms with E-state index >= 15 is 0 Å². The lowest BCUT2D eigenvalue weighted by Gasteiger charge is -2.48. The first-order valence-electron chi connectivity index (χ1n) is 14.1. The molecule has 5 atom stereocenters. The van der Waals surface area contributed by atoms with Crippen molar-refractivity contribution in [1.82, 2.24) is 24.3 Å². The first kappa shape index (κ1) is 27.2. The number of ether oxygens (including phenoxy) is 4. The molecule has 2 aromatic heterocycles. The molecule has 1 spiro atoms. The molecule has 0 radical (unpaired) electrons. The largest absolute Gasteiger partial charge is 0.444 e. The van der Waals surface area contributed by atoms with Gasteiger partial charge in [-0.15, -0.1) is 0 Å². The lowest BCUT2D eigenvalue weighted by Crippen LogP contribution is -2.55. The lowest BCUT2D eigenvalue weighted by atomic mass is 9.73. The summed E-state index contributed by atoms with van der Waals surface area (Å²) in [6.45, 7) is 13.8. The van der Waals surface area contributed by atoms with Crippen molar-refractivity contribution in [2.24, 2.45) is 5.41 Å². The van der Waals surface area contributed by atoms with E-state index in [-0.39, 0.29) is 36.0 Å². The summed E-state index contributed by atoms with van der Waals surface area (Å²) in [6, 6.07) is 1.91. The van der Waals surface area contributed by atoms with Gasteiger partial charge in [0.1, 0.15) is 41.0 Å². The van der Waals surface area contributed by atoms with E-state index in [9.17, 15) is 4.79 Å². The van der Waals surface area contributed by atoms with Crippen LogP contribution < -0.4 is 0 Å². The van der Waals surface area contributed by atoms with Gasteiger partial charge in [0, 0.05) is 37.8 Å². The maximum atomic E-state index is 12.9. The number of piperidine rings is 2. The number of halogens is 1. The number of likely N-dealkylation sites (tertiary alicyclic amines) is 2. The summed E-state index contributed by atoms with van der Waals surface area (Å²) < 4.78 is 27.2. The van der Waals surface area contributed by atoms with Crippen LogP contribution in [-0.4, -0.2) is 92.9 Å². The normalized spacial score (nSPS) is 33.1. The molecule has 0 bridgehead atoms. The zero-order valence-electron chi connectivity index (χ0n) is 23.6. The first-order chi connectivity index (χ1) is 18.4. The molecule has 11 heteroatoms. The molecule has 4 fully saturated rings. The van der Waals surface area contributed by atoms with Gasteiger partial charge in [-0.05, 0) is 72.9 Å². The Labute approximate surface area is 234 Å². The van der Waals surface area contributed by atoms with Crippen LogP contribution in [-0.2, 0) is 18.9 Å². The van der Waals surface area contributed by atoms with Crippen LogP contribution in [0.15, 0.2) is 18.6 Å².